The monoisotopic (exact) mass is 404 g/mol. The molecule has 0 heterocycles. The first kappa shape index (κ1) is 23.4. The van der Waals surface area contributed by atoms with Crippen LogP contribution in [0.2, 0.25) is 0 Å². The molecule has 0 bridgehead atoms. The maximum absolute atomic E-state index is 12.7. The topological polar surface area (TPSA) is 69.7 Å². The number of carbonyl (C=O) groups is 3. The highest BCUT2D eigenvalue weighted by Crippen LogP contribution is 2.40. The van der Waals surface area contributed by atoms with Crippen molar-refractivity contribution in [1.29, 1.82) is 0 Å². The molecule has 0 amide bonds. The average Bonchev–Trinajstić information content (AvgIpc) is 2.69. The maximum Gasteiger partial charge on any atom is 0.307 e. The SMILES string of the molecule is CCC=CC1=C(C)C(=O)C(OC(=O)CCC(=O)OCC2CCCCC2)CC1(C)C. The molecule has 0 aromatic carbocycles. The fourth-order valence-corrected chi connectivity index (χ4v) is 4.29. The van der Waals surface area contributed by atoms with Gasteiger partial charge in [0.25, 0.3) is 0 Å². The Labute approximate surface area is 174 Å². The predicted molar refractivity (Wildman–Crippen MR) is 112 cm³/mol. The van der Waals surface area contributed by atoms with E-state index in [9.17, 15) is 14.4 Å². The van der Waals surface area contributed by atoms with Crippen LogP contribution in [0.1, 0.15) is 85.5 Å². The van der Waals surface area contributed by atoms with Crippen LogP contribution in [0.3, 0.4) is 0 Å². The van der Waals surface area contributed by atoms with Crippen LogP contribution in [0.25, 0.3) is 0 Å². The third-order valence-electron chi connectivity index (χ3n) is 6.02. The van der Waals surface area contributed by atoms with Gasteiger partial charge in [-0.3, -0.25) is 14.4 Å². The number of esters is 2. The molecule has 1 unspecified atom stereocenters. The van der Waals surface area contributed by atoms with Crippen LogP contribution >= 0.6 is 0 Å². The Hall–Kier alpha value is -1.91. The standard InChI is InChI=1S/C24H36O5/c1-5-6-12-19-17(2)23(27)20(15-24(19,3)4)29-22(26)14-13-21(25)28-16-18-10-8-7-9-11-18/h6,12,18,20H,5,7-11,13-16H2,1-4H3. The van der Waals surface area contributed by atoms with E-state index in [1.165, 1.54) is 19.3 Å². The van der Waals surface area contributed by atoms with E-state index in [-0.39, 0.29) is 30.0 Å². The summed E-state index contributed by atoms with van der Waals surface area (Å²) in [6, 6.07) is 0. The average molecular weight is 405 g/mol. The second kappa shape index (κ2) is 10.7. The predicted octanol–water partition coefficient (Wildman–Crippen LogP) is 5.08. The summed E-state index contributed by atoms with van der Waals surface area (Å²) >= 11 is 0. The first-order chi connectivity index (χ1) is 13.7. The Balaban J connectivity index is 1.82. The molecule has 2 rings (SSSR count). The lowest BCUT2D eigenvalue weighted by Gasteiger charge is -2.36. The second-order valence-electron chi connectivity index (χ2n) is 8.97. The molecule has 0 radical (unpaired) electrons. The molecule has 29 heavy (non-hydrogen) atoms. The fraction of sp³-hybridized carbons (Fsp3) is 0.708. The number of hydrogen-bond acceptors (Lipinski definition) is 5. The van der Waals surface area contributed by atoms with Gasteiger partial charge in [-0.2, -0.15) is 0 Å². The molecule has 5 heteroatoms. The lowest BCUT2D eigenvalue weighted by molar-refractivity contribution is -0.158. The van der Waals surface area contributed by atoms with Crippen molar-refractivity contribution in [2.75, 3.05) is 6.61 Å². The Bertz CT molecular complexity index is 665. The summed E-state index contributed by atoms with van der Waals surface area (Å²) in [4.78, 5) is 36.8. The van der Waals surface area contributed by atoms with Crippen LogP contribution in [0.5, 0.6) is 0 Å². The van der Waals surface area contributed by atoms with Crippen molar-refractivity contribution in [1.82, 2.24) is 0 Å². The van der Waals surface area contributed by atoms with Crippen LogP contribution in [0, 0.1) is 11.3 Å². The number of Topliss-reactive ketones (excluding diaryl/α,β-unsaturated/α-hetero) is 1. The summed E-state index contributed by atoms with van der Waals surface area (Å²) in [5, 5.41) is 0. The van der Waals surface area contributed by atoms with Gasteiger partial charge in [-0.1, -0.05) is 52.2 Å². The van der Waals surface area contributed by atoms with E-state index in [2.05, 4.69) is 20.8 Å². The molecule has 0 saturated heterocycles. The van der Waals surface area contributed by atoms with E-state index < -0.39 is 12.1 Å². The zero-order chi connectivity index (χ0) is 21.4. The van der Waals surface area contributed by atoms with Crippen molar-refractivity contribution >= 4 is 17.7 Å². The molecule has 0 aromatic heterocycles. The molecule has 2 aliphatic carbocycles. The summed E-state index contributed by atoms with van der Waals surface area (Å²) in [5.41, 5.74) is 1.40. The van der Waals surface area contributed by atoms with Crippen molar-refractivity contribution in [3.63, 3.8) is 0 Å². The van der Waals surface area contributed by atoms with E-state index in [0.29, 0.717) is 24.5 Å². The minimum Gasteiger partial charge on any atom is -0.465 e. The Morgan fingerprint density at radius 3 is 2.41 bits per heavy atom. The number of rotatable bonds is 8. The number of carbonyl (C=O) groups excluding carboxylic acids is 3. The van der Waals surface area contributed by atoms with Gasteiger partial charge in [0, 0.05) is 6.42 Å². The number of hydrogen-bond donors (Lipinski definition) is 0. The van der Waals surface area contributed by atoms with Crippen molar-refractivity contribution in [3.05, 3.63) is 23.3 Å². The van der Waals surface area contributed by atoms with Crippen molar-refractivity contribution in [3.8, 4) is 0 Å². The van der Waals surface area contributed by atoms with Gasteiger partial charge in [-0.25, -0.2) is 0 Å². The lowest BCUT2D eigenvalue weighted by Crippen LogP contribution is -2.39. The summed E-state index contributed by atoms with van der Waals surface area (Å²) in [6.45, 7) is 8.40. The molecule has 1 saturated carbocycles. The quantitative estimate of drug-likeness (QED) is 0.527. The molecular weight excluding hydrogens is 368 g/mol. The smallest absolute Gasteiger partial charge is 0.307 e. The molecule has 1 atom stereocenters. The van der Waals surface area contributed by atoms with Gasteiger partial charge in [0.1, 0.15) is 0 Å². The van der Waals surface area contributed by atoms with E-state index in [4.69, 9.17) is 9.47 Å². The second-order valence-corrected chi connectivity index (χ2v) is 8.97. The summed E-state index contributed by atoms with van der Waals surface area (Å²) in [5.74, 6) is -0.583. The van der Waals surface area contributed by atoms with E-state index in [0.717, 1.165) is 24.8 Å². The Morgan fingerprint density at radius 1 is 1.10 bits per heavy atom. The normalized spacial score (nSPS) is 22.8. The zero-order valence-electron chi connectivity index (χ0n) is 18.4. The van der Waals surface area contributed by atoms with Gasteiger partial charge in [0.15, 0.2) is 11.9 Å². The Morgan fingerprint density at radius 2 is 1.76 bits per heavy atom. The highest BCUT2D eigenvalue weighted by molar-refractivity contribution is 6.01. The maximum atomic E-state index is 12.7. The molecule has 2 aliphatic rings. The Kier molecular flexibility index (Phi) is 8.66. The third-order valence-corrected chi connectivity index (χ3v) is 6.02. The van der Waals surface area contributed by atoms with Crippen molar-refractivity contribution < 1.29 is 23.9 Å². The van der Waals surface area contributed by atoms with Crippen LogP contribution in [0.15, 0.2) is 23.3 Å². The van der Waals surface area contributed by atoms with Crippen LogP contribution in [-0.2, 0) is 23.9 Å². The van der Waals surface area contributed by atoms with E-state index in [1.807, 2.05) is 12.2 Å². The van der Waals surface area contributed by atoms with Crippen LogP contribution < -0.4 is 0 Å². The molecular formula is C24H36O5. The lowest BCUT2D eigenvalue weighted by atomic mass is 9.71. The molecule has 162 valence electrons. The zero-order valence-corrected chi connectivity index (χ0v) is 18.4. The molecule has 5 nitrogen and oxygen atoms in total. The van der Waals surface area contributed by atoms with Gasteiger partial charge in [0.2, 0.25) is 0 Å². The first-order valence-electron chi connectivity index (χ1n) is 11.0. The minimum absolute atomic E-state index is 0.00480. The number of allylic oxidation sites excluding steroid dienone is 3. The molecule has 0 aromatic rings. The van der Waals surface area contributed by atoms with Gasteiger partial charge in [-0.15, -0.1) is 0 Å². The summed E-state index contributed by atoms with van der Waals surface area (Å²) in [7, 11) is 0. The van der Waals surface area contributed by atoms with Gasteiger partial charge >= 0.3 is 11.9 Å². The van der Waals surface area contributed by atoms with Crippen LogP contribution in [-0.4, -0.2) is 30.4 Å². The van der Waals surface area contributed by atoms with Crippen molar-refractivity contribution in [2.24, 2.45) is 11.3 Å². The first-order valence-corrected chi connectivity index (χ1v) is 11.0. The third kappa shape index (κ3) is 6.83. The number of ether oxygens (including phenoxy) is 2. The minimum atomic E-state index is -0.783. The van der Waals surface area contributed by atoms with E-state index in [1.54, 1.807) is 6.92 Å². The van der Waals surface area contributed by atoms with Crippen molar-refractivity contribution in [2.45, 2.75) is 91.6 Å². The van der Waals surface area contributed by atoms with Crippen LogP contribution in [0.4, 0.5) is 0 Å². The highest BCUT2D eigenvalue weighted by Gasteiger charge is 2.39. The van der Waals surface area contributed by atoms with Gasteiger partial charge in [-0.05, 0) is 48.7 Å². The number of ketones is 1. The van der Waals surface area contributed by atoms with Gasteiger partial charge in [0.05, 0.1) is 19.4 Å². The fourth-order valence-electron chi connectivity index (χ4n) is 4.29. The molecule has 0 aliphatic heterocycles. The molecule has 1 fully saturated rings. The largest absolute Gasteiger partial charge is 0.465 e. The molecule has 0 spiro atoms. The molecule has 0 N–H and O–H groups in total. The van der Waals surface area contributed by atoms with E-state index >= 15 is 0 Å². The van der Waals surface area contributed by atoms with Gasteiger partial charge < -0.3 is 9.47 Å². The summed E-state index contributed by atoms with van der Waals surface area (Å²) < 4.78 is 10.8. The highest BCUT2D eigenvalue weighted by atomic mass is 16.5. The summed E-state index contributed by atoms with van der Waals surface area (Å²) in [6.07, 6.45) is 10.4.